The van der Waals surface area contributed by atoms with Gasteiger partial charge in [0.2, 0.25) is 5.09 Å². The van der Waals surface area contributed by atoms with E-state index in [9.17, 15) is 8.42 Å². The van der Waals surface area contributed by atoms with Gasteiger partial charge < -0.3 is 9.73 Å². The molecule has 2 heterocycles. The third-order valence-corrected chi connectivity index (χ3v) is 4.94. The quantitative estimate of drug-likeness (QED) is 0.854. The Labute approximate surface area is 116 Å². The van der Waals surface area contributed by atoms with Gasteiger partial charge in [0.1, 0.15) is 5.76 Å². The predicted octanol–water partition coefficient (Wildman–Crippen LogP) is 1.85. The lowest BCUT2D eigenvalue weighted by Crippen LogP contribution is -2.17. The molecule has 0 aliphatic heterocycles. The maximum atomic E-state index is 11.5. The number of thiophene rings is 1. The Morgan fingerprint density at radius 3 is 2.68 bits per heavy atom. The normalized spacial score (nSPS) is 11.9. The van der Waals surface area contributed by atoms with Crippen molar-refractivity contribution in [2.45, 2.75) is 25.1 Å². The van der Waals surface area contributed by atoms with E-state index in [1.807, 2.05) is 0 Å². The highest BCUT2D eigenvalue weighted by molar-refractivity contribution is 7.89. The molecule has 2 aromatic heterocycles. The summed E-state index contributed by atoms with van der Waals surface area (Å²) in [5.74, 6) is 0.599. The van der Waals surface area contributed by atoms with Crippen molar-refractivity contribution >= 4 is 21.4 Å². The van der Waals surface area contributed by atoms with E-state index >= 15 is 0 Å². The van der Waals surface area contributed by atoms with Crippen molar-refractivity contribution in [2.24, 2.45) is 0 Å². The molecule has 0 bridgehead atoms. The van der Waals surface area contributed by atoms with E-state index < -0.39 is 10.0 Å². The van der Waals surface area contributed by atoms with Crippen LogP contribution in [0.25, 0.3) is 0 Å². The van der Waals surface area contributed by atoms with Crippen molar-refractivity contribution in [3.8, 4) is 0 Å². The SMILES string of the molecule is CNS(=O)(=O)c1ccc(CNCc2cscc2C)o1. The van der Waals surface area contributed by atoms with Crippen LogP contribution in [0.4, 0.5) is 0 Å². The number of hydrogen-bond donors (Lipinski definition) is 2. The van der Waals surface area contributed by atoms with E-state index in [0.29, 0.717) is 12.3 Å². The minimum atomic E-state index is -3.50. The molecule has 2 aromatic rings. The molecule has 0 unspecified atom stereocenters. The summed E-state index contributed by atoms with van der Waals surface area (Å²) in [5, 5.41) is 7.37. The largest absolute Gasteiger partial charge is 0.447 e. The first kappa shape index (κ1) is 14.3. The van der Waals surface area contributed by atoms with Gasteiger partial charge in [-0.3, -0.25) is 0 Å². The number of hydrogen-bond acceptors (Lipinski definition) is 5. The van der Waals surface area contributed by atoms with Gasteiger partial charge in [0.15, 0.2) is 0 Å². The van der Waals surface area contributed by atoms with Gasteiger partial charge in [-0.05, 0) is 48.0 Å². The van der Waals surface area contributed by atoms with Gasteiger partial charge in [0.05, 0.1) is 6.54 Å². The Morgan fingerprint density at radius 2 is 2.05 bits per heavy atom. The Morgan fingerprint density at radius 1 is 1.26 bits per heavy atom. The van der Waals surface area contributed by atoms with Crippen LogP contribution in [0.5, 0.6) is 0 Å². The second-order valence-corrected chi connectivity index (χ2v) is 6.67. The summed E-state index contributed by atoms with van der Waals surface area (Å²) in [7, 11) is -2.14. The summed E-state index contributed by atoms with van der Waals surface area (Å²) in [6.45, 7) is 3.30. The van der Waals surface area contributed by atoms with Gasteiger partial charge in [-0.2, -0.15) is 11.3 Å². The lowest BCUT2D eigenvalue weighted by Gasteiger charge is -2.02. The van der Waals surface area contributed by atoms with Crippen molar-refractivity contribution in [1.29, 1.82) is 0 Å². The molecule has 0 aliphatic carbocycles. The topological polar surface area (TPSA) is 71.3 Å². The minimum absolute atomic E-state index is 0.0569. The third kappa shape index (κ3) is 3.44. The predicted molar refractivity (Wildman–Crippen MR) is 74.6 cm³/mol. The van der Waals surface area contributed by atoms with Crippen LogP contribution in [-0.4, -0.2) is 15.5 Å². The summed E-state index contributed by atoms with van der Waals surface area (Å²) < 4.78 is 30.5. The second kappa shape index (κ2) is 5.87. The van der Waals surface area contributed by atoms with Crippen LogP contribution in [0.2, 0.25) is 0 Å². The molecule has 104 valence electrons. The molecule has 2 N–H and O–H groups in total. The standard InChI is InChI=1S/C12H16N2O3S2/c1-9-7-18-8-10(9)5-14-6-11-3-4-12(17-11)19(15,16)13-2/h3-4,7-8,13-14H,5-6H2,1-2H3. The fraction of sp³-hybridized carbons (Fsp3) is 0.333. The summed E-state index contributed by atoms with van der Waals surface area (Å²) >= 11 is 1.67. The molecule has 5 nitrogen and oxygen atoms in total. The molecule has 7 heteroatoms. The Hall–Kier alpha value is -1.15. The number of aryl methyl sites for hydroxylation is 1. The minimum Gasteiger partial charge on any atom is -0.447 e. The van der Waals surface area contributed by atoms with Gasteiger partial charge in [0.25, 0.3) is 10.0 Å². The highest BCUT2D eigenvalue weighted by Gasteiger charge is 2.15. The van der Waals surface area contributed by atoms with Crippen LogP contribution in [0.3, 0.4) is 0 Å². The molecule has 0 fully saturated rings. The maximum Gasteiger partial charge on any atom is 0.273 e. The molecule has 0 saturated carbocycles. The Kier molecular flexibility index (Phi) is 4.41. The lowest BCUT2D eigenvalue weighted by molar-refractivity contribution is 0.400. The Balaban J connectivity index is 1.93. The van der Waals surface area contributed by atoms with Gasteiger partial charge >= 0.3 is 0 Å². The van der Waals surface area contributed by atoms with Crippen LogP contribution < -0.4 is 10.0 Å². The summed E-state index contributed by atoms with van der Waals surface area (Å²) in [6.07, 6.45) is 0. The molecule has 0 spiro atoms. The molecule has 19 heavy (non-hydrogen) atoms. The van der Waals surface area contributed by atoms with Crippen LogP contribution in [0.15, 0.2) is 32.4 Å². The van der Waals surface area contributed by atoms with Crippen molar-refractivity contribution < 1.29 is 12.8 Å². The van der Waals surface area contributed by atoms with Crippen LogP contribution in [0.1, 0.15) is 16.9 Å². The Bertz CT molecular complexity index is 643. The summed E-state index contributed by atoms with van der Waals surface area (Å²) in [5.41, 5.74) is 2.51. The molecule has 2 rings (SSSR count). The van der Waals surface area contributed by atoms with Crippen LogP contribution in [0, 0.1) is 6.92 Å². The lowest BCUT2D eigenvalue weighted by atomic mass is 10.2. The first-order valence-electron chi connectivity index (χ1n) is 5.77. The zero-order valence-corrected chi connectivity index (χ0v) is 12.4. The molecule has 0 saturated heterocycles. The number of nitrogens with one attached hydrogen (secondary N) is 2. The zero-order valence-electron chi connectivity index (χ0n) is 10.8. The molecule has 0 aromatic carbocycles. The summed E-state index contributed by atoms with van der Waals surface area (Å²) in [6, 6.07) is 3.12. The van der Waals surface area contributed by atoms with E-state index in [-0.39, 0.29) is 5.09 Å². The summed E-state index contributed by atoms with van der Waals surface area (Å²) in [4.78, 5) is 0. The second-order valence-electron chi connectivity index (χ2n) is 4.11. The maximum absolute atomic E-state index is 11.5. The number of sulfonamides is 1. The number of furan rings is 1. The molecular formula is C12H16N2O3S2. The molecule has 0 aliphatic rings. The highest BCUT2D eigenvalue weighted by atomic mass is 32.2. The van der Waals surface area contributed by atoms with E-state index in [4.69, 9.17) is 4.42 Å². The fourth-order valence-electron chi connectivity index (χ4n) is 1.59. The van der Waals surface area contributed by atoms with E-state index in [1.54, 1.807) is 17.4 Å². The molecule has 0 amide bonds. The highest BCUT2D eigenvalue weighted by Crippen LogP contribution is 2.15. The van der Waals surface area contributed by atoms with Gasteiger partial charge in [-0.25, -0.2) is 13.1 Å². The molecule has 0 radical (unpaired) electrons. The average molecular weight is 300 g/mol. The smallest absolute Gasteiger partial charge is 0.273 e. The van der Waals surface area contributed by atoms with E-state index in [2.05, 4.69) is 27.7 Å². The van der Waals surface area contributed by atoms with Crippen molar-refractivity contribution in [2.75, 3.05) is 7.05 Å². The van der Waals surface area contributed by atoms with E-state index in [0.717, 1.165) is 6.54 Å². The van der Waals surface area contributed by atoms with Gasteiger partial charge in [-0.1, -0.05) is 0 Å². The van der Waals surface area contributed by atoms with Crippen LogP contribution >= 0.6 is 11.3 Å². The average Bonchev–Trinajstić information content (AvgIpc) is 3.00. The van der Waals surface area contributed by atoms with Crippen molar-refractivity contribution in [1.82, 2.24) is 10.0 Å². The van der Waals surface area contributed by atoms with Crippen molar-refractivity contribution in [3.05, 3.63) is 39.8 Å². The van der Waals surface area contributed by atoms with Gasteiger partial charge in [-0.15, -0.1) is 0 Å². The molecule has 0 atom stereocenters. The van der Waals surface area contributed by atoms with Crippen LogP contribution in [-0.2, 0) is 23.1 Å². The third-order valence-electron chi connectivity index (χ3n) is 2.75. The zero-order chi connectivity index (χ0) is 13.9. The molecular weight excluding hydrogens is 284 g/mol. The monoisotopic (exact) mass is 300 g/mol. The fourth-order valence-corrected chi connectivity index (χ4v) is 3.11. The van der Waals surface area contributed by atoms with Gasteiger partial charge in [0, 0.05) is 6.54 Å². The number of rotatable bonds is 6. The van der Waals surface area contributed by atoms with E-state index in [1.165, 1.54) is 24.2 Å². The first-order chi connectivity index (χ1) is 9.03. The van der Waals surface area contributed by atoms with Crippen molar-refractivity contribution in [3.63, 3.8) is 0 Å². The first-order valence-corrected chi connectivity index (χ1v) is 8.20.